The molecule has 10 heteroatoms. The molecular weight excluding hydrogens is 406 g/mol. The summed E-state index contributed by atoms with van der Waals surface area (Å²) in [5.74, 6) is -0.577. The Kier molecular flexibility index (Phi) is 7.01. The lowest BCUT2D eigenvalue weighted by atomic mass is 9.99. The summed E-state index contributed by atoms with van der Waals surface area (Å²) < 4.78 is 21.7. The highest BCUT2D eigenvalue weighted by Gasteiger charge is 2.37. The summed E-state index contributed by atoms with van der Waals surface area (Å²) in [7, 11) is 0. The molecule has 0 saturated carbocycles. The van der Waals surface area contributed by atoms with Crippen LogP contribution in [0.3, 0.4) is 0 Å². The van der Waals surface area contributed by atoms with Crippen LogP contribution in [0, 0.1) is 0 Å². The fraction of sp³-hybridized carbons (Fsp3) is 0.571. The monoisotopic (exact) mass is 435 g/mol. The van der Waals surface area contributed by atoms with Crippen LogP contribution in [-0.2, 0) is 23.8 Å². The van der Waals surface area contributed by atoms with Gasteiger partial charge in [0.05, 0.1) is 25.1 Å². The maximum absolute atomic E-state index is 12.8. The highest BCUT2D eigenvalue weighted by Crippen LogP contribution is 2.28. The van der Waals surface area contributed by atoms with E-state index < -0.39 is 35.7 Å². The van der Waals surface area contributed by atoms with Gasteiger partial charge in [0.15, 0.2) is 6.10 Å². The number of carbonyl (C=O) groups excluding carboxylic acids is 3. The molecule has 2 atom stereocenters. The molecule has 1 aromatic heterocycles. The van der Waals surface area contributed by atoms with Crippen molar-refractivity contribution in [1.82, 2.24) is 15.5 Å². The smallest absolute Gasteiger partial charge is 0.338 e. The van der Waals surface area contributed by atoms with Crippen molar-refractivity contribution in [2.24, 2.45) is 0 Å². The lowest BCUT2D eigenvalue weighted by Gasteiger charge is -2.35. The molecule has 0 spiro atoms. The predicted octanol–water partition coefficient (Wildman–Crippen LogP) is 1.49. The minimum Gasteiger partial charge on any atom is -0.467 e. The number of carbonyl (C=O) groups is 3. The fourth-order valence-electron chi connectivity index (χ4n) is 3.44. The quantitative estimate of drug-likeness (QED) is 0.645. The zero-order valence-electron chi connectivity index (χ0n) is 18.2. The van der Waals surface area contributed by atoms with E-state index in [1.165, 1.54) is 6.26 Å². The molecule has 2 aliphatic heterocycles. The van der Waals surface area contributed by atoms with Gasteiger partial charge >= 0.3 is 18.0 Å². The predicted molar refractivity (Wildman–Crippen MR) is 109 cm³/mol. The van der Waals surface area contributed by atoms with Crippen LogP contribution in [0.25, 0.3) is 0 Å². The first-order valence-corrected chi connectivity index (χ1v) is 10.3. The second kappa shape index (κ2) is 9.52. The molecule has 1 aromatic rings. The van der Waals surface area contributed by atoms with Gasteiger partial charge in [-0.15, -0.1) is 0 Å². The largest absolute Gasteiger partial charge is 0.467 e. The maximum Gasteiger partial charge on any atom is 0.338 e. The SMILES string of the molecule is CCOC(=O)C1=C(CN2CCO[C@@H](C(=O)OC(C)(C)C)C2)NC(=O)N[C@@H]1c1ccco1. The number of ether oxygens (including phenoxy) is 3. The summed E-state index contributed by atoms with van der Waals surface area (Å²) in [4.78, 5) is 39.4. The lowest BCUT2D eigenvalue weighted by Crippen LogP contribution is -2.52. The van der Waals surface area contributed by atoms with Crippen molar-refractivity contribution in [2.75, 3.05) is 32.8 Å². The molecular formula is C21H29N3O7. The fourth-order valence-corrected chi connectivity index (χ4v) is 3.44. The zero-order valence-corrected chi connectivity index (χ0v) is 18.2. The number of nitrogens with one attached hydrogen (secondary N) is 2. The van der Waals surface area contributed by atoms with Gasteiger partial charge in [0, 0.05) is 25.3 Å². The van der Waals surface area contributed by atoms with E-state index in [4.69, 9.17) is 18.6 Å². The first-order valence-electron chi connectivity index (χ1n) is 10.3. The number of furan rings is 1. The van der Waals surface area contributed by atoms with Crippen LogP contribution < -0.4 is 10.6 Å². The maximum atomic E-state index is 12.8. The Morgan fingerprint density at radius 2 is 2.10 bits per heavy atom. The molecule has 170 valence electrons. The lowest BCUT2D eigenvalue weighted by molar-refractivity contribution is -0.173. The first-order chi connectivity index (χ1) is 14.7. The number of urea groups is 1. The Labute approximate surface area is 180 Å². The summed E-state index contributed by atoms with van der Waals surface area (Å²) in [5.41, 5.74) is 0.0341. The summed E-state index contributed by atoms with van der Waals surface area (Å²) in [6, 6.07) is 2.13. The molecule has 10 nitrogen and oxygen atoms in total. The molecule has 31 heavy (non-hydrogen) atoms. The molecule has 2 amide bonds. The van der Waals surface area contributed by atoms with E-state index in [-0.39, 0.29) is 25.3 Å². The van der Waals surface area contributed by atoms with E-state index >= 15 is 0 Å². The van der Waals surface area contributed by atoms with Gasteiger partial charge in [-0.25, -0.2) is 14.4 Å². The van der Waals surface area contributed by atoms with Gasteiger partial charge < -0.3 is 29.3 Å². The van der Waals surface area contributed by atoms with Crippen LogP contribution in [-0.4, -0.2) is 67.4 Å². The molecule has 1 fully saturated rings. The Morgan fingerprint density at radius 3 is 2.74 bits per heavy atom. The third-order valence-corrected chi connectivity index (χ3v) is 4.68. The van der Waals surface area contributed by atoms with E-state index in [1.807, 2.05) is 4.90 Å². The Hall–Kier alpha value is -2.85. The molecule has 1 saturated heterocycles. The molecule has 2 N–H and O–H groups in total. The average Bonchev–Trinajstić information content (AvgIpc) is 3.21. The van der Waals surface area contributed by atoms with Gasteiger partial charge in [-0.3, -0.25) is 4.90 Å². The van der Waals surface area contributed by atoms with Gasteiger partial charge in [0.2, 0.25) is 0 Å². The minimum absolute atomic E-state index is 0.187. The van der Waals surface area contributed by atoms with Crippen molar-refractivity contribution >= 4 is 18.0 Å². The van der Waals surface area contributed by atoms with Crippen molar-refractivity contribution in [3.8, 4) is 0 Å². The number of morpholine rings is 1. The summed E-state index contributed by atoms with van der Waals surface area (Å²) in [6.45, 7) is 8.61. The second-order valence-electron chi connectivity index (χ2n) is 8.29. The zero-order chi connectivity index (χ0) is 22.6. The van der Waals surface area contributed by atoms with Gasteiger partial charge in [0.1, 0.15) is 17.4 Å². The molecule has 0 aliphatic carbocycles. The summed E-state index contributed by atoms with van der Waals surface area (Å²) in [6.07, 6.45) is 0.720. The van der Waals surface area contributed by atoms with Gasteiger partial charge in [-0.05, 0) is 39.8 Å². The summed E-state index contributed by atoms with van der Waals surface area (Å²) >= 11 is 0. The molecule has 0 aromatic carbocycles. The number of esters is 2. The summed E-state index contributed by atoms with van der Waals surface area (Å²) in [5, 5.41) is 5.42. The Balaban J connectivity index is 1.83. The average molecular weight is 435 g/mol. The normalized spacial score (nSPS) is 22.5. The molecule has 3 heterocycles. The van der Waals surface area contributed by atoms with Crippen LogP contribution in [0.15, 0.2) is 34.1 Å². The molecule has 0 bridgehead atoms. The van der Waals surface area contributed by atoms with E-state index in [1.54, 1.807) is 39.8 Å². The van der Waals surface area contributed by atoms with Gasteiger partial charge in [-0.1, -0.05) is 0 Å². The van der Waals surface area contributed by atoms with Crippen molar-refractivity contribution in [3.05, 3.63) is 35.4 Å². The van der Waals surface area contributed by atoms with E-state index in [9.17, 15) is 14.4 Å². The van der Waals surface area contributed by atoms with Crippen molar-refractivity contribution in [2.45, 2.75) is 45.4 Å². The Bertz CT molecular complexity index is 842. The van der Waals surface area contributed by atoms with Crippen molar-refractivity contribution in [3.63, 3.8) is 0 Å². The molecule has 0 radical (unpaired) electrons. The number of hydrogen-bond donors (Lipinski definition) is 2. The second-order valence-corrected chi connectivity index (χ2v) is 8.29. The van der Waals surface area contributed by atoms with E-state index in [2.05, 4.69) is 10.6 Å². The third-order valence-electron chi connectivity index (χ3n) is 4.68. The van der Waals surface area contributed by atoms with Crippen LogP contribution >= 0.6 is 0 Å². The van der Waals surface area contributed by atoms with Crippen LogP contribution in [0.1, 0.15) is 39.5 Å². The van der Waals surface area contributed by atoms with Crippen molar-refractivity contribution < 1.29 is 33.0 Å². The highest BCUT2D eigenvalue weighted by molar-refractivity contribution is 5.95. The number of amides is 2. The minimum atomic E-state index is -0.777. The van der Waals surface area contributed by atoms with E-state index in [0.717, 1.165) is 0 Å². The van der Waals surface area contributed by atoms with E-state index in [0.29, 0.717) is 24.6 Å². The van der Waals surface area contributed by atoms with Crippen molar-refractivity contribution in [1.29, 1.82) is 0 Å². The number of nitrogens with zero attached hydrogens (tertiary/aromatic N) is 1. The molecule has 0 unspecified atom stereocenters. The standard InChI is InChI=1S/C21H29N3O7/c1-5-28-19(26)16-13(22-20(27)23-17(16)14-7-6-9-29-14)11-24-8-10-30-15(12-24)18(25)31-21(2,3)4/h6-7,9,15,17H,5,8,10-12H2,1-4H3,(H2,22,23,27)/t15-,17-/m1/s1. The first kappa shape index (κ1) is 22.8. The molecule has 3 rings (SSSR count). The highest BCUT2D eigenvalue weighted by atomic mass is 16.6. The topological polar surface area (TPSA) is 119 Å². The van der Waals surface area contributed by atoms with Gasteiger partial charge in [-0.2, -0.15) is 0 Å². The van der Waals surface area contributed by atoms with Gasteiger partial charge in [0.25, 0.3) is 0 Å². The van der Waals surface area contributed by atoms with Crippen LogP contribution in [0.4, 0.5) is 4.79 Å². The van der Waals surface area contributed by atoms with Crippen LogP contribution in [0.2, 0.25) is 0 Å². The number of rotatable bonds is 6. The Morgan fingerprint density at radius 1 is 1.32 bits per heavy atom. The molecule has 2 aliphatic rings. The van der Waals surface area contributed by atoms with Crippen LogP contribution in [0.5, 0.6) is 0 Å². The third kappa shape index (κ3) is 5.86. The number of hydrogen-bond acceptors (Lipinski definition) is 8.